The van der Waals surface area contributed by atoms with E-state index in [1.165, 1.54) is 13.2 Å². The Morgan fingerprint density at radius 1 is 1.11 bits per heavy atom. The molecule has 0 aromatic heterocycles. The van der Waals surface area contributed by atoms with Crippen molar-refractivity contribution in [3.05, 3.63) is 59.7 Å². The number of anilines is 1. The summed E-state index contributed by atoms with van der Waals surface area (Å²) < 4.78 is 15.0. The molecule has 138 valence electrons. The monoisotopic (exact) mass is 366 g/mol. The number of rotatable bonds is 7. The Hall–Kier alpha value is -3.79. The zero-order valence-electron chi connectivity index (χ0n) is 14.9. The maximum absolute atomic E-state index is 12.4. The number of nitrogens with one attached hydrogen (secondary N) is 1. The highest BCUT2D eigenvalue weighted by Crippen LogP contribution is 2.22. The first kappa shape index (κ1) is 19.5. The molecule has 0 atom stereocenters. The molecule has 1 amide bonds. The number of nitrogens with zero attached hydrogens (tertiary/aromatic N) is 1. The summed E-state index contributed by atoms with van der Waals surface area (Å²) >= 11 is 0. The lowest BCUT2D eigenvalue weighted by molar-refractivity contribution is -0.142. The van der Waals surface area contributed by atoms with Gasteiger partial charge < -0.3 is 19.5 Å². The largest absolute Gasteiger partial charge is 0.497 e. The topological polar surface area (TPSA) is 97.7 Å². The van der Waals surface area contributed by atoms with Crippen molar-refractivity contribution in [2.45, 2.75) is 0 Å². The van der Waals surface area contributed by atoms with Crippen molar-refractivity contribution in [1.29, 1.82) is 5.26 Å². The first-order valence-corrected chi connectivity index (χ1v) is 7.93. The van der Waals surface area contributed by atoms with Gasteiger partial charge in [-0.15, -0.1) is 0 Å². The highest BCUT2D eigenvalue weighted by Gasteiger charge is 2.12. The van der Waals surface area contributed by atoms with Gasteiger partial charge in [-0.1, -0.05) is 18.2 Å². The van der Waals surface area contributed by atoms with E-state index in [1.807, 2.05) is 6.07 Å². The highest BCUT2D eigenvalue weighted by molar-refractivity contribution is 6.09. The van der Waals surface area contributed by atoms with Crippen LogP contribution in [0.3, 0.4) is 0 Å². The van der Waals surface area contributed by atoms with Gasteiger partial charge in [0, 0.05) is 11.3 Å². The maximum Gasteiger partial charge on any atom is 0.343 e. The molecule has 7 heteroatoms. The molecule has 0 aliphatic heterocycles. The lowest BCUT2D eigenvalue weighted by Gasteiger charge is -2.09. The van der Waals surface area contributed by atoms with Gasteiger partial charge in [0.15, 0.2) is 6.61 Å². The summed E-state index contributed by atoms with van der Waals surface area (Å²) in [6, 6.07) is 15.3. The summed E-state index contributed by atoms with van der Waals surface area (Å²) in [6.45, 7) is -0.277. The first-order valence-electron chi connectivity index (χ1n) is 7.93. The van der Waals surface area contributed by atoms with Crippen molar-refractivity contribution in [2.75, 3.05) is 26.1 Å². The van der Waals surface area contributed by atoms with E-state index >= 15 is 0 Å². The molecule has 0 fully saturated rings. The lowest BCUT2D eigenvalue weighted by Crippen LogP contribution is -2.14. The zero-order valence-corrected chi connectivity index (χ0v) is 14.9. The number of ether oxygens (including phenoxy) is 3. The van der Waals surface area contributed by atoms with E-state index in [4.69, 9.17) is 9.47 Å². The Bertz CT molecular complexity index is 882. The third-order valence-electron chi connectivity index (χ3n) is 3.51. The minimum atomic E-state index is -0.564. The van der Waals surface area contributed by atoms with E-state index in [-0.39, 0.29) is 12.2 Å². The zero-order chi connectivity index (χ0) is 19.6. The van der Waals surface area contributed by atoms with Gasteiger partial charge in [0.25, 0.3) is 5.91 Å². The molecule has 2 aromatic carbocycles. The van der Waals surface area contributed by atoms with Gasteiger partial charge >= 0.3 is 5.97 Å². The van der Waals surface area contributed by atoms with Crippen molar-refractivity contribution in [2.24, 2.45) is 0 Å². The van der Waals surface area contributed by atoms with Crippen LogP contribution in [0.4, 0.5) is 5.69 Å². The fraction of sp³-hybridized carbons (Fsp3) is 0.150. The Morgan fingerprint density at radius 3 is 2.44 bits per heavy atom. The second kappa shape index (κ2) is 9.63. The Balaban J connectivity index is 2.18. The van der Waals surface area contributed by atoms with Crippen molar-refractivity contribution >= 4 is 23.6 Å². The van der Waals surface area contributed by atoms with Crippen LogP contribution in [-0.4, -0.2) is 32.7 Å². The summed E-state index contributed by atoms with van der Waals surface area (Å²) in [5, 5.41) is 12.0. The molecule has 0 radical (unpaired) electrons. The third-order valence-corrected chi connectivity index (χ3v) is 3.51. The molecule has 0 aliphatic rings. The molecule has 1 N–H and O–H groups in total. The van der Waals surface area contributed by atoms with Crippen LogP contribution < -0.4 is 14.8 Å². The van der Waals surface area contributed by atoms with Crippen LogP contribution in [0.2, 0.25) is 0 Å². The third kappa shape index (κ3) is 5.61. The Kier molecular flexibility index (Phi) is 6.97. The average molecular weight is 366 g/mol. The van der Waals surface area contributed by atoms with E-state index in [0.29, 0.717) is 22.7 Å². The minimum Gasteiger partial charge on any atom is -0.497 e. The van der Waals surface area contributed by atoms with Gasteiger partial charge in [0.05, 0.1) is 14.2 Å². The molecule has 2 rings (SSSR count). The van der Waals surface area contributed by atoms with Gasteiger partial charge in [0.1, 0.15) is 23.1 Å². The number of benzene rings is 2. The molecule has 0 saturated carbocycles. The lowest BCUT2D eigenvalue weighted by atomic mass is 10.1. The number of carbonyl (C=O) groups excluding carboxylic acids is 2. The standard InChI is InChI=1S/C20H18N2O5/c1-25-17-9-7-16(8-10-17)22-20(24)15(12-21)11-14-5-3-4-6-18(14)27-13-19(23)26-2/h3-11H,13H2,1-2H3,(H,22,24)/b15-11+. The summed E-state index contributed by atoms with van der Waals surface area (Å²) in [5.41, 5.74) is 0.903. The molecule has 2 aromatic rings. The van der Waals surface area contributed by atoms with Gasteiger partial charge in [-0.25, -0.2) is 4.79 Å². The second-order valence-corrected chi connectivity index (χ2v) is 5.26. The fourth-order valence-corrected chi connectivity index (χ4v) is 2.10. The molecule has 0 bridgehead atoms. The number of amides is 1. The maximum atomic E-state index is 12.4. The molecule has 0 aliphatic carbocycles. The molecule has 0 unspecified atom stereocenters. The number of nitriles is 1. The minimum absolute atomic E-state index is 0.111. The van der Waals surface area contributed by atoms with Crippen molar-refractivity contribution < 1.29 is 23.8 Å². The number of methoxy groups -OCH3 is 2. The summed E-state index contributed by atoms with van der Waals surface area (Å²) in [4.78, 5) is 23.6. The smallest absolute Gasteiger partial charge is 0.343 e. The van der Waals surface area contributed by atoms with Gasteiger partial charge in [-0.2, -0.15) is 5.26 Å². The summed E-state index contributed by atoms with van der Waals surface area (Å²) in [6.07, 6.45) is 1.39. The quantitative estimate of drug-likeness (QED) is 0.460. The summed E-state index contributed by atoms with van der Waals surface area (Å²) in [5.74, 6) is -0.0920. The van der Waals surface area contributed by atoms with Crippen LogP contribution in [0.1, 0.15) is 5.56 Å². The van der Waals surface area contributed by atoms with Gasteiger partial charge in [0.2, 0.25) is 0 Å². The summed E-state index contributed by atoms with van der Waals surface area (Å²) in [7, 11) is 2.80. The SMILES string of the molecule is COC(=O)COc1ccccc1/C=C(\C#N)C(=O)Nc1ccc(OC)cc1. The molecular formula is C20H18N2O5. The molecule has 7 nitrogen and oxygen atoms in total. The van der Waals surface area contributed by atoms with Crippen LogP contribution in [-0.2, 0) is 14.3 Å². The number of para-hydroxylation sites is 1. The van der Waals surface area contributed by atoms with E-state index in [1.54, 1.807) is 55.6 Å². The average Bonchev–Trinajstić information content (AvgIpc) is 2.71. The molecule has 0 spiro atoms. The second-order valence-electron chi connectivity index (χ2n) is 5.26. The number of hydrogen-bond acceptors (Lipinski definition) is 6. The number of carbonyl (C=O) groups is 2. The van der Waals surface area contributed by atoms with Crippen LogP contribution in [0.5, 0.6) is 11.5 Å². The van der Waals surface area contributed by atoms with Crippen molar-refractivity contribution in [3.8, 4) is 17.6 Å². The molecular weight excluding hydrogens is 348 g/mol. The van der Waals surface area contributed by atoms with Gasteiger partial charge in [-0.05, 0) is 36.4 Å². The van der Waals surface area contributed by atoms with Crippen molar-refractivity contribution in [1.82, 2.24) is 0 Å². The van der Waals surface area contributed by atoms with Crippen LogP contribution >= 0.6 is 0 Å². The Morgan fingerprint density at radius 2 is 1.81 bits per heavy atom. The van der Waals surface area contributed by atoms with Crippen LogP contribution in [0, 0.1) is 11.3 Å². The normalized spacial score (nSPS) is 10.5. The predicted molar refractivity (Wildman–Crippen MR) is 99.2 cm³/mol. The molecule has 0 heterocycles. The van der Waals surface area contributed by atoms with E-state index in [2.05, 4.69) is 10.1 Å². The van der Waals surface area contributed by atoms with E-state index in [0.717, 1.165) is 0 Å². The first-order chi connectivity index (χ1) is 13.1. The molecule has 0 saturated heterocycles. The highest BCUT2D eigenvalue weighted by atomic mass is 16.6. The molecule has 27 heavy (non-hydrogen) atoms. The predicted octanol–water partition coefficient (Wildman–Crippen LogP) is 2.79. The van der Waals surface area contributed by atoms with E-state index in [9.17, 15) is 14.9 Å². The number of esters is 1. The van der Waals surface area contributed by atoms with Gasteiger partial charge in [-0.3, -0.25) is 4.79 Å². The fourth-order valence-electron chi connectivity index (χ4n) is 2.10. The van der Waals surface area contributed by atoms with E-state index < -0.39 is 11.9 Å². The van der Waals surface area contributed by atoms with Crippen LogP contribution in [0.15, 0.2) is 54.1 Å². The number of hydrogen-bond donors (Lipinski definition) is 1. The van der Waals surface area contributed by atoms with Crippen LogP contribution in [0.25, 0.3) is 6.08 Å². The van der Waals surface area contributed by atoms with Crippen molar-refractivity contribution in [3.63, 3.8) is 0 Å². The Labute approximate surface area is 156 Å².